The predicted molar refractivity (Wildman–Crippen MR) is 91.0 cm³/mol. The monoisotopic (exact) mass is 396 g/mol. The molecular formula is C13H25IN4O2. The molecule has 0 radical (unpaired) electrons. The molecule has 1 aromatic heterocycles. The topological polar surface area (TPSA) is 71.7 Å². The Morgan fingerprint density at radius 2 is 2.00 bits per heavy atom. The Morgan fingerprint density at radius 3 is 2.55 bits per heavy atom. The van der Waals surface area contributed by atoms with E-state index in [1.54, 1.807) is 14.2 Å². The van der Waals surface area contributed by atoms with Crippen molar-refractivity contribution in [3.8, 4) is 0 Å². The number of halogens is 1. The maximum absolute atomic E-state index is 5.13. The molecule has 7 heteroatoms. The summed E-state index contributed by atoms with van der Waals surface area (Å²) in [5.41, 5.74) is 2.13. The number of hydrogen-bond donors (Lipinski definition) is 2. The lowest BCUT2D eigenvalue weighted by Gasteiger charge is -2.11. The van der Waals surface area contributed by atoms with Gasteiger partial charge in [0.25, 0.3) is 0 Å². The Labute approximate surface area is 137 Å². The molecule has 2 N–H and O–H groups in total. The molecule has 1 aromatic rings. The summed E-state index contributed by atoms with van der Waals surface area (Å²) < 4.78 is 10.1. The average Bonchev–Trinajstić information content (AvgIpc) is 2.73. The molecule has 0 aliphatic rings. The van der Waals surface area contributed by atoms with E-state index in [1.807, 2.05) is 13.8 Å². The first-order valence-corrected chi connectivity index (χ1v) is 6.54. The van der Waals surface area contributed by atoms with Crippen LogP contribution in [0, 0.1) is 13.8 Å². The highest BCUT2D eigenvalue weighted by Gasteiger charge is 2.08. The summed E-state index contributed by atoms with van der Waals surface area (Å²) in [6.45, 7) is 6.30. The van der Waals surface area contributed by atoms with Gasteiger partial charge < -0.3 is 19.9 Å². The molecule has 0 saturated heterocycles. The van der Waals surface area contributed by atoms with Crippen LogP contribution in [0.15, 0.2) is 9.52 Å². The quantitative estimate of drug-likeness (QED) is 0.318. The van der Waals surface area contributed by atoms with Crippen LogP contribution in [0.1, 0.15) is 23.4 Å². The van der Waals surface area contributed by atoms with E-state index in [-0.39, 0.29) is 24.0 Å². The summed E-state index contributed by atoms with van der Waals surface area (Å²) >= 11 is 0. The van der Waals surface area contributed by atoms with Gasteiger partial charge in [-0.1, -0.05) is 5.16 Å². The molecule has 0 bridgehead atoms. The molecule has 0 spiro atoms. The van der Waals surface area contributed by atoms with Crippen LogP contribution in [-0.4, -0.2) is 45.0 Å². The number of guanidine groups is 1. The highest BCUT2D eigenvalue weighted by atomic mass is 127. The smallest absolute Gasteiger partial charge is 0.190 e. The molecule has 0 aliphatic heterocycles. The first-order valence-electron chi connectivity index (χ1n) is 6.54. The van der Waals surface area contributed by atoms with Crippen LogP contribution in [-0.2, 0) is 11.2 Å². The van der Waals surface area contributed by atoms with Crippen molar-refractivity contribution < 1.29 is 9.26 Å². The molecule has 0 unspecified atom stereocenters. The van der Waals surface area contributed by atoms with Gasteiger partial charge in [-0.25, -0.2) is 0 Å². The van der Waals surface area contributed by atoms with Crippen molar-refractivity contribution in [1.82, 2.24) is 15.8 Å². The zero-order chi connectivity index (χ0) is 14.1. The number of aliphatic imine (C=N–C) groups is 1. The minimum atomic E-state index is 0. The molecule has 1 heterocycles. The number of aromatic nitrogens is 1. The second-order valence-electron chi connectivity index (χ2n) is 4.32. The first kappa shape index (κ1) is 19.2. The van der Waals surface area contributed by atoms with Gasteiger partial charge in [0.1, 0.15) is 5.76 Å². The summed E-state index contributed by atoms with van der Waals surface area (Å²) in [5, 5.41) is 10.4. The van der Waals surface area contributed by atoms with Gasteiger partial charge >= 0.3 is 0 Å². The summed E-state index contributed by atoms with van der Waals surface area (Å²) in [5.74, 6) is 1.70. The fourth-order valence-electron chi connectivity index (χ4n) is 1.81. The van der Waals surface area contributed by atoms with E-state index in [0.29, 0.717) is 0 Å². The van der Waals surface area contributed by atoms with E-state index >= 15 is 0 Å². The lowest BCUT2D eigenvalue weighted by Crippen LogP contribution is -2.39. The second kappa shape index (κ2) is 10.9. The van der Waals surface area contributed by atoms with Crippen LogP contribution in [0.3, 0.4) is 0 Å². The number of rotatable bonds is 7. The van der Waals surface area contributed by atoms with E-state index in [1.165, 1.54) is 5.56 Å². The van der Waals surface area contributed by atoms with Crippen molar-refractivity contribution in [2.75, 3.05) is 33.9 Å². The van der Waals surface area contributed by atoms with Crippen molar-refractivity contribution in [1.29, 1.82) is 0 Å². The second-order valence-corrected chi connectivity index (χ2v) is 4.32. The molecule has 0 fully saturated rings. The average molecular weight is 396 g/mol. The van der Waals surface area contributed by atoms with Crippen molar-refractivity contribution >= 4 is 29.9 Å². The number of hydrogen-bond acceptors (Lipinski definition) is 4. The largest absolute Gasteiger partial charge is 0.385 e. The number of nitrogens with one attached hydrogen (secondary N) is 2. The van der Waals surface area contributed by atoms with Crippen LogP contribution in [0.25, 0.3) is 0 Å². The zero-order valence-corrected chi connectivity index (χ0v) is 15.0. The highest BCUT2D eigenvalue weighted by molar-refractivity contribution is 14.0. The third-order valence-electron chi connectivity index (χ3n) is 2.89. The molecule has 20 heavy (non-hydrogen) atoms. The number of methoxy groups -OCH3 is 1. The summed E-state index contributed by atoms with van der Waals surface area (Å²) in [6, 6.07) is 0. The summed E-state index contributed by atoms with van der Waals surface area (Å²) in [6.07, 6.45) is 1.83. The fourth-order valence-corrected chi connectivity index (χ4v) is 1.81. The number of aryl methyl sites for hydroxylation is 2. The molecule has 116 valence electrons. The standard InChI is InChI=1S/C13H24N4O2.HI/c1-10-12(11(2)19-17-10)6-8-16-13(14-3)15-7-5-9-18-4;/h5-9H2,1-4H3,(H2,14,15,16);1H. The Kier molecular flexibility index (Phi) is 10.4. The Balaban J connectivity index is 0.00000361. The maximum atomic E-state index is 5.13. The molecule has 0 amide bonds. The van der Waals surface area contributed by atoms with Crippen LogP contribution in [0.2, 0.25) is 0 Å². The van der Waals surface area contributed by atoms with Gasteiger partial charge in [-0.05, 0) is 26.7 Å². The lowest BCUT2D eigenvalue weighted by molar-refractivity contribution is 0.195. The minimum absolute atomic E-state index is 0. The van der Waals surface area contributed by atoms with Crippen LogP contribution < -0.4 is 10.6 Å². The Morgan fingerprint density at radius 1 is 1.30 bits per heavy atom. The van der Waals surface area contributed by atoms with Crippen molar-refractivity contribution in [3.05, 3.63) is 17.0 Å². The predicted octanol–water partition coefficient (Wildman–Crippen LogP) is 1.65. The van der Waals surface area contributed by atoms with Gasteiger partial charge in [0.2, 0.25) is 0 Å². The van der Waals surface area contributed by atoms with Gasteiger partial charge in [0.05, 0.1) is 5.69 Å². The normalized spacial score (nSPS) is 11.1. The van der Waals surface area contributed by atoms with E-state index < -0.39 is 0 Å². The van der Waals surface area contributed by atoms with Crippen molar-refractivity contribution in [2.45, 2.75) is 26.7 Å². The van der Waals surface area contributed by atoms with Crippen molar-refractivity contribution in [2.24, 2.45) is 4.99 Å². The van der Waals surface area contributed by atoms with Gasteiger partial charge in [0, 0.05) is 39.4 Å². The van der Waals surface area contributed by atoms with Gasteiger partial charge in [0.15, 0.2) is 5.96 Å². The van der Waals surface area contributed by atoms with Gasteiger partial charge in [-0.15, -0.1) is 24.0 Å². The molecular weight excluding hydrogens is 371 g/mol. The third-order valence-corrected chi connectivity index (χ3v) is 2.89. The number of ether oxygens (including phenoxy) is 1. The zero-order valence-electron chi connectivity index (χ0n) is 12.7. The van der Waals surface area contributed by atoms with E-state index in [4.69, 9.17) is 9.26 Å². The van der Waals surface area contributed by atoms with Gasteiger partial charge in [-0.3, -0.25) is 4.99 Å². The Bertz CT molecular complexity index is 388. The molecule has 6 nitrogen and oxygen atoms in total. The molecule has 0 aromatic carbocycles. The molecule has 0 atom stereocenters. The highest BCUT2D eigenvalue weighted by Crippen LogP contribution is 2.11. The summed E-state index contributed by atoms with van der Waals surface area (Å²) in [7, 11) is 3.47. The summed E-state index contributed by atoms with van der Waals surface area (Å²) in [4.78, 5) is 4.16. The molecule has 0 saturated carbocycles. The van der Waals surface area contributed by atoms with Crippen LogP contribution in [0.4, 0.5) is 0 Å². The van der Waals surface area contributed by atoms with E-state index in [0.717, 1.165) is 50.0 Å². The van der Waals surface area contributed by atoms with Gasteiger partial charge in [-0.2, -0.15) is 0 Å². The third kappa shape index (κ3) is 6.56. The number of nitrogens with zero attached hydrogens (tertiary/aromatic N) is 2. The maximum Gasteiger partial charge on any atom is 0.190 e. The Hall–Kier alpha value is -0.830. The fraction of sp³-hybridized carbons (Fsp3) is 0.692. The molecule has 0 aliphatic carbocycles. The van der Waals surface area contributed by atoms with E-state index in [2.05, 4.69) is 20.8 Å². The molecule has 1 rings (SSSR count). The van der Waals surface area contributed by atoms with Crippen molar-refractivity contribution in [3.63, 3.8) is 0 Å². The SMILES string of the molecule is CN=C(NCCCOC)NCCc1c(C)noc1C.I. The van der Waals surface area contributed by atoms with E-state index in [9.17, 15) is 0 Å². The van der Waals surface area contributed by atoms with Crippen LogP contribution in [0.5, 0.6) is 0 Å². The minimum Gasteiger partial charge on any atom is -0.385 e. The van der Waals surface area contributed by atoms with Crippen LogP contribution >= 0.6 is 24.0 Å². The lowest BCUT2D eigenvalue weighted by atomic mass is 10.1. The first-order chi connectivity index (χ1) is 9.19.